The highest BCUT2D eigenvalue weighted by Gasteiger charge is 2.25. The Balaban J connectivity index is 3.10. The third kappa shape index (κ3) is 3.85. The van der Waals surface area contributed by atoms with Crippen LogP contribution >= 0.6 is 23.8 Å². The molecular weight excluding hydrogens is 311 g/mol. The minimum absolute atomic E-state index is 0.0313. The van der Waals surface area contributed by atoms with E-state index in [0.29, 0.717) is 0 Å². The zero-order chi connectivity index (χ0) is 14.8. The summed E-state index contributed by atoms with van der Waals surface area (Å²) < 4.78 is 38.7. The van der Waals surface area contributed by atoms with Gasteiger partial charge in [0, 0.05) is 19.5 Å². The van der Waals surface area contributed by atoms with Gasteiger partial charge in [0.2, 0.25) is 10.0 Å². The Morgan fingerprint density at radius 3 is 2.68 bits per heavy atom. The number of benzene rings is 1. The van der Waals surface area contributed by atoms with Gasteiger partial charge in [-0.3, -0.25) is 0 Å². The lowest BCUT2D eigenvalue weighted by Crippen LogP contribution is -2.35. The average Bonchev–Trinajstić information content (AvgIpc) is 2.31. The number of rotatable bonds is 5. The second-order valence-electron chi connectivity index (χ2n) is 4.16. The molecule has 8 heteroatoms. The Morgan fingerprint density at radius 1 is 1.58 bits per heavy atom. The standard InChI is InChI=1S/C11H14ClFN2O2S2/c1-7(11(14)18)6-15(2)19(16,17)10-5-8(13)3-4-9(10)12/h3-5,7H,6H2,1-2H3,(H2,14,18). The maximum atomic E-state index is 13.1. The molecule has 0 saturated carbocycles. The predicted octanol–water partition coefficient (Wildman–Crippen LogP) is 2.02. The number of nitrogens with zero attached hydrogens (tertiary/aromatic N) is 1. The summed E-state index contributed by atoms with van der Waals surface area (Å²) in [5.41, 5.74) is 5.44. The maximum absolute atomic E-state index is 13.1. The fourth-order valence-electron chi connectivity index (χ4n) is 1.42. The van der Waals surface area contributed by atoms with E-state index in [9.17, 15) is 12.8 Å². The molecule has 1 rings (SSSR count). The molecule has 0 heterocycles. The van der Waals surface area contributed by atoms with Crippen molar-refractivity contribution in [1.29, 1.82) is 0 Å². The fourth-order valence-corrected chi connectivity index (χ4v) is 3.23. The van der Waals surface area contributed by atoms with Crippen LogP contribution in [0, 0.1) is 11.7 Å². The van der Waals surface area contributed by atoms with Gasteiger partial charge in [0.05, 0.1) is 10.0 Å². The topological polar surface area (TPSA) is 63.4 Å². The number of hydrogen-bond donors (Lipinski definition) is 1. The Labute approximate surface area is 122 Å². The summed E-state index contributed by atoms with van der Waals surface area (Å²) in [5, 5.41) is -0.0313. The lowest BCUT2D eigenvalue weighted by molar-refractivity contribution is 0.445. The van der Waals surface area contributed by atoms with E-state index in [-0.39, 0.29) is 27.4 Å². The van der Waals surface area contributed by atoms with Crippen molar-refractivity contribution in [3.63, 3.8) is 0 Å². The van der Waals surface area contributed by atoms with Crippen LogP contribution in [-0.4, -0.2) is 31.3 Å². The summed E-state index contributed by atoms with van der Waals surface area (Å²) in [6.45, 7) is 1.81. The summed E-state index contributed by atoms with van der Waals surface area (Å²) in [6.07, 6.45) is 0. The average molecular weight is 325 g/mol. The monoisotopic (exact) mass is 324 g/mol. The van der Waals surface area contributed by atoms with Crippen molar-refractivity contribution in [2.75, 3.05) is 13.6 Å². The molecule has 0 aromatic heterocycles. The summed E-state index contributed by atoms with van der Waals surface area (Å²) >= 11 is 10.6. The van der Waals surface area contributed by atoms with E-state index >= 15 is 0 Å². The molecule has 0 amide bonds. The molecular formula is C11H14ClFN2O2S2. The molecule has 0 radical (unpaired) electrons. The van der Waals surface area contributed by atoms with Crippen LogP contribution in [0.2, 0.25) is 5.02 Å². The van der Waals surface area contributed by atoms with E-state index in [0.717, 1.165) is 16.4 Å². The number of nitrogens with two attached hydrogens (primary N) is 1. The van der Waals surface area contributed by atoms with Crippen molar-refractivity contribution in [1.82, 2.24) is 4.31 Å². The van der Waals surface area contributed by atoms with Gasteiger partial charge in [-0.2, -0.15) is 0 Å². The van der Waals surface area contributed by atoms with Gasteiger partial charge in [0.15, 0.2) is 0 Å². The first-order valence-electron chi connectivity index (χ1n) is 5.37. The van der Waals surface area contributed by atoms with Crippen LogP contribution in [0.1, 0.15) is 6.92 Å². The Hall–Kier alpha value is -0.760. The van der Waals surface area contributed by atoms with Crippen LogP contribution in [0.4, 0.5) is 4.39 Å². The van der Waals surface area contributed by atoms with Crippen molar-refractivity contribution in [3.05, 3.63) is 29.0 Å². The van der Waals surface area contributed by atoms with E-state index in [2.05, 4.69) is 0 Å². The zero-order valence-electron chi connectivity index (χ0n) is 10.4. The smallest absolute Gasteiger partial charge is 0.244 e. The van der Waals surface area contributed by atoms with Crippen molar-refractivity contribution >= 4 is 38.8 Å². The SMILES string of the molecule is CC(CN(C)S(=O)(=O)c1cc(F)ccc1Cl)C(N)=S. The molecule has 1 unspecified atom stereocenters. The molecule has 19 heavy (non-hydrogen) atoms. The largest absolute Gasteiger partial charge is 0.393 e. The Kier molecular flexibility index (Phi) is 5.26. The molecule has 1 aromatic carbocycles. The maximum Gasteiger partial charge on any atom is 0.244 e. The van der Waals surface area contributed by atoms with E-state index in [1.165, 1.54) is 13.1 Å². The van der Waals surface area contributed by atoms with Gasteiger partial charge < -0.3 is 5.73 Å². The fraction of sp³-hybridized carbons (Fsp3) is 0.364. The van der Waals surface area contributed by atoms with E-state index in [1.54, 1.807) is 6.92 Å². The Morgan fingerprint density at radius 2 is 2.16 bits per heavy atom. The van der Waals surface area contributed by atoms with Gasteiger partial charge in [0.25, 0.3) is 0 Å². The predicted molar refractivity (Wildman–Crippen MR) is 77.2 cm³/mol. The molecule has 0 spiro atoms. The molecule has 0 aliphatic heterocycles. The van der Waals surface area contributed by atoms with Gasteiger partial charge in [-0.1, -0.05) is 30.7 Å². The first kappa shape index (κ1) is 16.3. The van der Waals surface area contributed by atoms with Crippen molar-refractivity contribution < 1.29 is 12.8 Å². The molecule has 1 aromatic rings. The van der Waals surface area contributed by atoms with Gasteiger partial charge in [-0.05, 0) is 18.2 Å². The first-order chi connectivity index (χ1) is 8.66. The minimum Gasteiger partial charge on any atom is -0.393 e. The number of sulfonamides is 1. The summed E-state index contributed by atoms with van der Waals surface area (Å²) in [5.74, 6) is -0.958. The summed E-state index contributed by atoms with van der Waals surface area (Å²) in [4.78, 5) is -0.0563. The first-order valence-corrected chi connectivity index (χ1v) is 7.59. The zero-order valence-corrected chi connectivity index (χ0v) is 12.8. The normalized spacial score (nSPS) is 13.5. The lowest BCUT2D eigenvalue weighted by Gasteiger charge is -2.21. The quantitative estimate of drug-likeness (QED) is 0.842. The molecule has 106 valence electrons. The van der Waals surface area contributed by atoms with Crippen molar-refractivity contribution in [2.24, 2.45) is 11.7 Å². The van der Waals surface area contributed by atoms with Crippen LogP contribution in [0.15, 0.2) is 23.1 Å². The third-order valence-electron chi connectivity index (χ3n) is 2.60. The summed E-state index contributed by atoms with van der Waals surface area (Å²) in [6, 6.07) is 3.19. The number of halogens is 2. The molecule has 0 aliphatic rings. The highest BCUT2D eigenvalue weighted by atomic mass is 35.5. The van der Waals surface area contributed by atoms with Gasteiger partial charge in [-0.15, -0.1) is 0 Å². The molecule has 2 N–H and O–H groups in total. The van der Waals surface area contributed by atoms with Crippen LogP contribution in [0.3, 0.4) is 0 Å². The lowest BCUT2D eigenvalue weighted by atomic mass is 10.2. The highest BCUT2D eigenvalue weighted by Crippen LogP contribution is 2.25. The second kappa shape index (κ2) is 6.13. The summed E-state index contributed by atoms with van der Waals surface area (Å²) in [7, 11) is -2.51. The molecule has 0 saturated heterocycles. The molecule has 4 nitrogen and oxygen atoms in total. The number of hydrogen-bond acceptors (Lipinski definition) is 3. The van der Waals surface area contributed by atoms with Crippen LogP contribution in [-0.2, 0) is 10.0 Å². The van der Waals surface area contributed by atoms with Crippen LogP contribution < -0.4 is 5.73 Å². The van der Waals surface area contributed by atoms with Crippen molar-refractivity contribution in [2.45, 2.75) is 11.8 Å². The van der Waals surface area contributed by atoms with Crippen molar-refractivity contribution in [3.8, 4) is 0 Å². The van der Waals surface area contributed by atoms with Crippen LogP contribution in [0.25, 0.3) is 0 Å². The van der Waals surface area contributed by atoms with Gasteiger partial charge in [-0.25, -0.2) is 17.1 Å². The third-order valence-corrected chi connectivity index (χ3v) is 5.31. The number of thiocarbonyl (C=S) groups is 1. The molecule has 1 atom stereocenters. The van der Waals surface area contributed by atoms with Gasteiger partial charge >= 0.3 is 0 Å². The van der Waals surface area contributed by atoms with E-state index < -0.39 is 15.8 Å². The van der Waals surface area contributed by atoms with Gasteiger partial charge in [0.1, 0.15) is 10.7 Å². The molecule has 0 aliphatic carbocycles. The van der Waals surface area contributed by atoms with E-state index in [4.69, 9.17) is 29.6 Å². The molecule has 0 fully saturated rings. The highest BCUT2D eigenvalue weighted by molar-refractivity contribution is 7.89. The Bertz CT molecular complexity index is 592. The minimum atomic E-state index is -3.87. The van der Waals surface area contributed by atoms with E-state index in [1.807, 2.05) is 0 Å². The van der Waals surface area contributed by atoms with Crippen LogP contribution in [0.5, 0.6) is 0 Å². The second-order valence-corrected chi connectivity index (χ2v) is 7.06. The molecule has 0 bridgehead atoms.